The predicted octanol–water partition coefficient (Wildman–Crippen LogP) is 5.70. The molecule has 0 spiro atoms. The summed E-state index contributed by atoms with van der Waals surface area (Å²) in [5.74, 6) is 0. The second-order valence-electron chi connectivity index (χ2n) is 7.70. The van der Waals surface area contributed by atoms with Crippen molar-refractivity contribution in [3.8, 4) is 11.4 Å². The molecule has 0 saturated carbocycles. The van der Waals surface area contributed by atoms with Gasteiger partial charge in [0.15, 0.2) is 0 Å². The highest BCUT2D eigenvalue weighted by Crippen LogP contribution is 2.40. The molecule has 0 aliphatic rings. The fourth-order valence-electron chi connectivity index (χ4n) is 4.83. The van der Waals surface area contributed by atoms with Gasteiger partial charge in [0.05, 0.1) is 27.9 Å². The quantitative estimate of drug-likeness (QED) is 0.268. The van der Waals surface area contributed by atoms with E-state index in [-0.39, 0.29) is 0 Å². The summed E-state index contributed by atoms with van der Waals surface area (Å²) in [6, 6.07) is 32.2. The molecule has 140 valence electrons. The maximum Gasteiger partial charge on any atom is 0.268 e. The molecule has 3 heteroatoms. The van der Waals surface area contributed by atoms with E-state index in [0.29, 0.717) is 0 Å². The summed E-state index contributed by atoms with van der Waals surface area (Å²) >= 11 is 0. The largest absolute Gasteiger partial charge is 0.311 e. The van der Waals surface area contributed by atoms with E-state index in [1.165, 1.54) is 38.1 Å². The first kappa shape index (κ1) is 15.8. The normalized spacial score (nSPS) is 12.0. The molecule has 3 aromatic heterocycles. The molecule has 0 bridgehead atoms. The monoisotopic (exact) mass is 383 g/mol. The minimum Gasteiger partial charge on any atom is -0.311 e. The van der Waals surface area contributed by atoms with E-state index in [9.17, 15) is 0 Å². The lowest BCUT2D eigenvalue weighted by Gasteiger charge is -2.06. The molecule has 0 atom stereocenters. The van der Waals surface area contributed by atoms with Crippen molar-refractivity contribution >= 4 is 38.1 Å². The molecule has 4 aromatic carbocycles. The van der Waals surface area contributed by atoms with Crippen LogP contribution in [0.2, 0.25) is 0 Å². The minimum absolute atomic E-state index is 1.10. The van der Waals surface area contributed by atoms with Gasteiger partial charge in [0.2, 0.25) is 0 Å². The molecular formula is C27H17N3. The van der Waals surface area contributed by atoms with Gasteiger partial charge in [0, 0.05) is 33.9 Å². The summed E-state index contributed by atoms with van der Waals surface area (Å²) in [6.45, 7) is 0. The number of imidazole rings is 1. The smallest absolute Gasteiger partial charge is 0.268 e. The second kappa shape index (κ2) is 5.71. The Hall–Kier alpha value is -4.11. The lowest BCUT2D eigenvalue weighted by molar-refractivity contribution is -0.599. The lowest BCUT2D eigenvalue weighted by Crippen LogP contribution is -2.27. The Morgan fingerprint density at radius 1 is 0.600 bits per heavy atom. The van der Waals surface area contributed by atoms with Gasteiger partial charge >= 0.3 is 0 Å². The van der Waals surface area contributed by atoms with Gasteiger partial charge in [0.1, 0.15) is 0 Å². The van der Waals surface area contributed by atoms with Crippen molar-refractivity contribution in [3.63, 3.8) is 0 Å². The van der Waals surface area contributed by atoms with Gasteiger partial charge in [-0.05, 0) is 24.3 Å². The summed E-state index contributed by atoms with van der Waals surface area (Å²) in [6.07, 6.45) is 7.63. The summed E-state index contributed by atoms with van der Waals surface area (Å²) in [5, 5.41) is 5.17. The fourth-order valence-corrected chi connectivity index (χ4v) is 4.83. The standard InChI is InChI=1S/C27H17N3/c1-2-8-19(9-3-1)28-16-17-29(18-28)25-15-7-13-23-22-12-6-11-21-20-10-4-5-14-24(20)30(26(21)22)27(23)25/h1-17H. The van der Waals surface area contributed by atoms with Gasteiger partial charge < -0.3 is 4.40 Å². The molecule has 30 heavy (non-hydrogen) atoms. The zero-order valence-corrected chi connectivity index (χ0v) is 16.2. The molecule has 0 amide bonds. The van der Waals surface area contributed by atoms with Crippen molar-refractivity contribution < 1.29 is 4.57 Å². The molecule has 0 aliphatic carbocycles. The van der Waals surface area contributed by atoms with Gasteiger partial charge in [-0.3, -0.25) is 9.13 Å². The third kappa shape index (κ3) is 1.96. The molecular weight excluding hydrogens is 366 g/mol. The summed E-state index contributed by atoms with van der Waals surface area (Å²) in [4.78, 5) is 0. The van der Waals surface area contributed by atoms with Crippen LogP contribution in [0.25, 0.3) is 49.5 Å². The number of aromatic nitrogens is 3. The van der Waals surface area contributed by atoms with Crippen LogP contribution in [0.4, 0.5) is 0 Å². The predicted molar refractivity (Wildman–Crippen MR) is 121 cm³/mol. The van der Waals surface area contributed by atoms with E-state index >= 15 is 0 Å². The third-order valence-corrected chi connectivity index (χ3v) is 6.10. The summed E-state index contributed by atoms with van der Waals surface area (Å²) < 4.78 is 6.55. The Kier molecular flexibility index (Phi) is 3.00. The van der Waals surface area contributed by atoms with Crippen LogP contribution in [0, 0.1) is 6.33 Å². The van der Waals surface area contributed by atoms with Crippen molar-refractivity contribution in [1.82, 2.24) is 8.97 Å². The number of benzene rings is 4. The van der Waals surface area contributed by atoms with Gasteiger partial charge in [-0.2, -0.15) is 0 Å². The molecule has 3 heterocycles. The maximum atomic E-state index is 3.49. The highest BCUT2D eigenvalue weighted by atomic mass is 15.1. The molecule has 3 nitrogen and oxygen atoms in total. The van der Waals surface area contributed by atoms with Crippen LogP contribution < -0.4 is 4.57 Å². The second-order valence-corrected chi connectivity index (χ2v) is 7.70. The van der Waals surface area contributed by atoms with Crippen LogP contribution in [0.15, 0.2) is 103 Å². The van der Waals surface area contributed by atoms with Crippen molar-refractivity contribution in [2.45, 2.75) is 0 Å². The van der Waals surface area contributed by atoms with Crippen molar-refractivity contribution in [2.75, 3.05) is 0 Å². The zero-order valence-electron chi connectivity index (χ0n) is 16.2. The van der Waals surface area contributed by atoms with Crippen LogP contribution in [-0.4, -0.2) is 8.97 Å². The number of fused-ring (bicyclic) bond motifs is 6. The first-order valence-corrected chi connectivity index (χ1v) is 10.1. The fraction of sp³-hybridized carbons (Fsp3) is 0. The van der Waals surface area contributed by atoms with Gasteiger partial charge in [-0.1, -0.05) is 66.7 Å². The van der Waals surface area contributed by atoms with Crippen LogP contribution in [0.5, 0.6) is 0 Å². The topological polar surface area (TPSA) is 13.2 Å². The number of hydrogen-bond donors (Lipinski definition) is 0. The molecule has 7 rings (SSSR count). The van der Waals surface area contributed by atoms with E-state index in [2.05, 4.69) is 100 Å². The SMILES string of the molecule is [c-]1n(-c2cccc3c4cccc5c6ccccc6n(c23)c54)cc[n+]1-c1ccccc1. The number of hydrogen-bond acceptors (Lipinski definition) is 0. The van der Waals surface area contributed by atoms with Gasteiger partial charge in [0.25, 0.3) is 6.33 Å². The van der Waals surface area contributed by atoms with Crippen LogP contribution in [-0.2, 0) is 0 Å². The third-order valence-electron chi connectivity index (χ3n) is 6.10. The Morgan fingerprint density at radius 2 is 1.27 bits per heavy atom. The summed E-state index contributed by atoms with van der Waals surface area (Å²) in [5.41, 5.74) is 5.98. The van der Waals surface area contributed by atoms with Crippen LogP contribution in [0.1, 0.15) is 0 Å². The van der Waals surface area contributed by atoms with Crippen LogP contribution in [0.3, 0.4) is 0 Å². The number of nitrogens with zero attached hydrogens (tertiary/aromatic N) is 3. The molecule has 0 unspecified atom stereocenters. The number of rotatable bonds is 2. The Labute approximate surface area is 173 Å². The van der Waals surface area contributed by atoms with Gasteiger partial charge in [-0.25, -0.2) is 0 Å². The molecule has 0 fully saturated rings. The highest BCUT2D eigenvalue weighted by molar-refractivity contribution is 6.24. The Bertz CT molecular complexity index is 1690. The average molecular weight is 383 g/mol. The molecule has 0 N–H and O–H groups in total. The van der Waals surface area contributed by atoms with E-state index < -0.39 is 0 Å². The Morgan fingerprint density at radius 3 is 2.13 bits per heavy atom. The zero-order chi connectivity index (χ0) is 19.7. The van der Waals surface area contributed by atoms with E-state index in [1.54, 1.807) is 0 Å². The maximum absolute atomic E-state index is 3.49. The van der Waals surface area contributed by atoms with Crippen molar-refractivity contribution in [1.29, 1.82) is 0 Å². The first-order chi connectivity index (χ1) is 14.9. The van der Waals surface area contributed by atoms with Crippen molar-refractivity contribution in [2.24, 2.45) is 0 Å². The average Bonchev–Trinajstić information content (AvgIpc) is 3.51. The lowest BCUT2D eigenvalue weighted by atomic mass is 10.1. The summed E-state index contributed by atoms with van der Waals surface area (Å²) in [7, 11) is 0. The highest BCUT2D eigenvalue weighted by Gasteiger charge is 2.19. The van der Waals surface area contributed by atoms with E-state index in [4.69, 9.17) is 0 Å². The molecule has 7 aromatic rings. The molecule has 0 saturated heterocycles. The molecule has 0 aliphatic heterocycles. The van der Waals surface area contributed by atoms with E-state index in [0.717, 1.165) is 11.4 Å². The van der Waals surface area contributed by atoms with E-state index in [1.807, 2.05) is 22.8 Å². The first-order valence-electron chi connectivity index (χ1n) is 10.1. The Balaban J connectivity index is 1.61. The van der Waals surface area contributed by atoms with Gasteiger partial charge in [-0.15, -0.1) is 0 Å². The van der Waals surface area contributed by atoms with Crippen LogP contribution >= 0.6 is 0 Å². The number of para-hydroxylation sites is 4. The molecule has 0 radical (unpaired) electrons. The minimum atomic E-state index is 1.10. The van der Waals surface area contributed by atoms with Crippen molar-refractivity contribution in [3.05, 3.63) is 110 Å².